The van der Waals surface area contributed by atoms with Crippen LogP contribution in [0.15, 0.2) is 18.2 Å². The Kier molecular flexibility index (Phi) is 2.43. The van der Waals surface area contributed by atoms with E-state index in [1.54, 1.807) is 19.1 Å². The van der Waals surface area contributed by atoms with Crippen molar-refractivity contribution in [1.29, 1.82) is 0 Å². The molecule has 0 heterocycles. The van der Waals surface area contributed by atoms with Crippen molar-refractivity contribution >= 4 is 5.91 Å². The van der Waals surface area contributed by atoms with Gasteiger partial charge in [0.05, 0.1) is 0 Å². The lowest BCUT2D eigenvalue weighted by Crippen LogP contribution is -2.12. The molecule has 0 spiro atoms. The number of aryl methyl sites for hydroxylation is 1. The summed E-state index contributed by atoms with van der Waals surface area (Å²) in [6, 6.07) is 4.81. The first-order valence-electron chi connectivity index (χ1n) is 3.60. The van der Waals surface area contributed by atoms with Gasteiger partial charge >= 0.3 is 0 Å². The molecule has 0 aliphatic rings. The molecule has 0 aliphatic heterocycles. The molecule has 12 heavy (non-hydrogen) atoms. The van der Waals surface area contributed by atoms with Crippen molar-refractivity contribution in [3.05, 3.63) is 34.9 Å². The van der Waals surface area contributed by atoms with Crippen LogP contribution in [-0.2, 0) is 6.67 Å². The number of primary amides is 1. The molecule has 0 unspecified atom stereocenters. The Morgan fingerprint density at radius 2 is 2.25 bits per heavy atom. The molecule has 1 aromatic rings. The van der Waals surface area contributed by atoms with Crippen LogP contribution in [0.5, 0.6) is 0 Å². The highest BCUT2D eigenvalue weighted by atomic mass is 19.1. The topological polar surface area (TPSA) is 43.1 Å². The van der Waals surface area contributed by atoms with E-state index in [4.69, 9.17) is 5.73 Å². The predicted molar refractivity (Wildman–Crippen MR) is 44.5 cm³/mol. The van der Waals surface area contributed by atoms with Gasteiger partial charge in [0.15, 0.2) is 0 Å². The first-order chi connectivity index (χ1) is 5.65. The SMILES string of the molecule is Cc1ccc(CF)cc1C(N)=O. The smallest absolute Gasteiger partial charge is 0.248 e. The number of alkyl halides is 1. The Hall–Kier alpha value is -1.38. The summed E-state index contributed by atoms with van der Waals surface area (Å²) in [5, 5.41) is 0. The monoisotopic (exact) mass is 167 g/mol. The normalized spacial score (nSPS) is 9.83. The van der Waals surface area contributed by atoms with E-state index in [1.807, 2.05) is 0 Å². The molecule has 0 bridgehead atoms. The summed E-state index contributed by atoms with van der Waals surface area (Å²) in [6.45, 7) is 1.20. The maximum absolute atomic E-state index is 12.1. The number of hydrogen-bond acceptors (Lipinski definition) is 1. The Morgan fingerprint density at radius 1 is 1.58 bits per heavy atom. The van der Waals surface area contributed by atoms with Crippen LogP contribution in [0, 0.1) is 6.92 Å². The lowest BCUT2D eigenvalue weighted by atomic mass is 10.1. The zero-order valence-electron chi connectivity index (χ0n) is 6.80. The third kappa shape index (κ3) is 1.61. The Bertz CT molecular complexity index is 309. The average Bonchev–Trinajstić information content (AvgIpc) is 2.05. The third-order valence-electron chi connectivity index (χ3n) is 1.72. The standard InChI is InChI=1S/C9H10FNO/c1-6-2-3-7(5-10)4-8(6)9(11)12/h2-4H,5H2,1H3,(H2,11,12). The first kappa shape index (κ1) is 8.71. The number of benzene rings is 1. The minimum Gasteiger partial charge on any atom is -0.366 e. The van der Waals surface area contributed by atoms with Crippen molar-refractivity contribution in [3.63, 3.8) is 0 Å². The Balaban J connectivity index is 3.17. The van der Waals surface area contributed by atoms with Gasteiger partial charge in [-0.1, -0.05) is 12.1 Å². The third-order valence-corrected chi connectivity index (χ3v) is 1.72. The molecule has 2 nitrogen and oxygen atoms in total. The molecular formula is C9H10FNO. The van der Waals surface area contributed by atoms with E-state index in [2.05, 4.69) is 0 Å². The highest BCUT2D eigenvalue weighted by Gasteiger charge is 2.04. The minimum absolute atomic E-state index is 0.394. The largest absolute Gasteiger partial charge is 0.366 e. The van der Waals surface area contributed by atoms with E-state index in [0.717, 1.165) is 5.56 Å². The second-order valence-corrected chi connectivity index (χ2v) is 2.65. The van der Waals surface area contributed by atoms with Crippen LogP contribution in [-0.4, -0.2) is 5.91 Å². The Labute approximate surface area is 70.2 Å². The van der Waals surface area contributed by atoms with E-state index in [-0.39, 0.29) is 0 Å². The number of amides is 1. The predicted octanol–water partition coefficient (Wildman–Crippen LogP) is 1.56. The number of carbonyl (C=O) groups excluding carboxylic acids is 1. The summed E-state index contributed by atoms with van der Waals surface area (Å²) in [4.78, 5) is 10.8. The van der Waals surface area contributed by atoms with E-state index in [9.17, 15) is 9.18 Å². The lowest BCUT2D eigenvalue weighted by Gasteiger charge is -2.02. The van der Waals surface area contributed by atoms with Crippen molar-refractivity contribution < 1.29 is 9.18 Å². The summed E-state index contributed by atoms with van der Waals surface area (Å²) in [6.07, 6.45) is 0. The number of nitrogens with two attached hydrogens (primary N) is 1. The molecule has 0 fully saturated rings. The number of hydrogen-bond donors (Lipinski definition) is 1. The van der Waals surface area contributed by atoms with Gasteiger partial charge in [-0.05, 0) is 24.1 Å². The fourth-order valence-electron chi connectivity index (χ4n) is 1.02. The van der Waals surface area contributed by atoms with E-state index in [1.165, 1.54) is 6.07 Å². The molecular weight excluding hydrogens is 157 g/mol. The summed E-state index contributed by atoms with van der Waals surface area (Å²) in [5.41, 5.74) is 6.73. The van der Waals surface area contributed by atoms with Gasteiger partial charge < -0.3 is 5.73 Å². The van der Waals surface area contributed by atoms with Crippen LogP contribution in [0.3, 0.4) is 0 Å². The molecule has 0 atom stereocenters. The summed E-state index contributed by atoms with van der Waals surface area (Å²) < 4.78 is 12.1. The summed E-state index contributed by atoms with van der Waals surface area (Å²) >= 11 is 0. The van der Waals surface area contributed by atoms with Crippen LogP contribution in [0.25, 0.3) is 0 Å². The Morgan fingerprint density at radius 3 is 2.75 bits per heavy atom. The zero-order chi connectivity index (χ0) is 9.14. The number of carbonyl (C=O) groups is 1. The van der Waals surface area contributed by atoms with Crippen molar-refractivity contribution in [2.45, 2.75) is 13.6 Å². The van der Waals surface area contributed by atoms with Crippen molar-refractivity contribution in [2.75, 3.05) is 0 Å². The minimum atomic E-state index is -0.569. The van der Waals surface area contributed by atoms with Gasteiger partial charge in [0.25, 0.3) is 0 Å². The summed E-state index contributed by atoms with van der Waals surface area (Å²) in [5.74, 6) is -0.511. The second kappa shape index (κ2) is 3.34. The fourth-order valence-corrected chi connectivity index (χ4v) is 1.02. The highest BCUT2D eigenvalue weighted by molar-refractivity contribution is 5.94. The maximum Gasteiger partial charge on any atom is 0.248 e. The second-order valence-electron chi connectivity index (χ2n) is 2.65. The average molecular weight is 167 g/mol. The molecule has 0 aromatic heterocycles. The van der Waals surface area contributed by atoms with E-state index in [0.29, 0.717) is 11.1 Å². The van der Waals surface area contributed by atoms with E-state index >= 15 is 0 Å². The maximum atomic E-state index is 12.1. The number of halogens is 1. The van der Waals surface area contributed by atoms with Crippen LogP contribution >= 0.6 is 0 Å². The number of rotatable bonds is 2. The van der Waals surface area contributed by atoms with Gasteiger partial charge in [0, 0.05) is 5.56 Å². The van der Waals surface area contributed by atoms with Gasteiger partial charge in [0.2, 0.25) is 5.91 Å². The van der Waals surface area contributed by atoms with Gasteiger partial charge in [-0.15, -0.1) is 0 Å². The lowest BCUT2D eigenvalue weighted by molar-refractivity contribution is 0.0999. The molecule has 3 heteroatoms. The molecule has 1 rings (SSSR count). The van der Waals surface area contributed by atoms with Gasteiger partial charge in [-0.3, -0.25) is 4.79 Å². The molecule has 1 amide bonds. The quantitative estimate of drug-likeness (QED) is 0.713. The fraction of sp³-hybridized carbons (Fsp3) is 0.222. The first-order valence-corrected chi connectivity index (χ1v) is 3.60. The molecule has 0 saturated carbocycles. The molecule has 0 radical (unpaired) electrons. The molecule has 2 N–H and O–H groups in total. The van der Waals surface area contributed by atoms with Crippen LogP contribution < -0.4 is 5.73 Å². The van der Waals surface area contributed by atoms with Crippen molar-refractivity contribution in [1.82, 2.24) is 0 Å². The van der Waals surface area contributed by atoms with Crippen molar-refractivity contribution in [2.24, 2.45) is 5.73 Å². The van der Waals surface area contributed by atoms with E-state index < -0.39 is 12.6 Å². The van der Waals surface area contributed by atoms with Crippen LogP contribution in [0.2, 0.25) is 0 Å². The van der Waals surface area contributed by atoms with Gasteiger partial charge in [-0.25, -0.2) is 4.39 Å². The van der Waals surface area contributed by atoms with Crippen LogP contribution in [0.1, 0.15) is 21.5 Å². The molecule has 64 valence electrons. The molecule has 0 aliphatic carbocycles. The molecule has 0 saturated heterocycles. The summed E-state index contributed by atoms with van der Waals surface area (Å²) in [7, 11) is 0. The zero-order valence-corrected chi connectivity index (χ0v) is 6.80. The van der Waals surface area contributed by atoms with Crippen molar-refractivity contribution in [3.8, 4) is 0 Å². The van der Waals surface area contributed by atoms with Crippen LogP contribution in [0.4, 0.5) is 4.39 Å². The van der Waals surface area contributed by atoms with Gasteiger partial charge in [0.1, 0.15) is 6.67 Å². The van der Waals surface area contributed by atoms with Gasteiger partial charge in [-0.2, -0.15) is 0 Å². The molecule has 1 aromatic carbocycles. The highest BCUT2D eigenvalue weighted by Crippen LogP contribution is 2.11.